The van der Waals surface area contributed by atoms with E-state index in [1.54, 1.807) is 25.2 Å². The van der Waals surface area contributed by atoms with Crippen molar-refractivity contribution in [1.29, 1.82) is 0 Å². The molecule has 4 rings (SSSR count). The quantitative estimate of drug-likeness (QED) is 0.422. The van der Waals surface area contributed by atoms with Crippen LogP contribution in [0, 0.1) is 18.8 Å². The summed E-state index contributed by atoms with van der Waals surface area (Å²) in [5.41, 5.74) is 2.15. The molecule has 0 bridgehead atoms. The lowest BCUT2D eigenvalue weighted by molar-refractivity contribution is 0.601. The van der Waals surface area contributed by atoms with E-state index in [0.29, 0.717) is 22.2 Å². The number of fused-ring (bicyclic) bond motifs is 1. The first kappa shape index (κ1) is 22.8. The molecule has 0 radical (unpaired) electrons. The van der Waals surface area contributed by atoms with Gasteiger partial charge < -0.3 is 0 Å². The Morgan fingerprint density at radius 3 is 2.39 bits per heavy atom. The molecule has 0 aliphatic carbocycles. The number of thiophene rings is 1. The highest BCUT2D eigenvalue weighted by Crippen LogP contribution is 2.21. The van der Waals surface area contributed by atoms with E-state index in [1.807, 2.05) is 25.1 Å². The van der Waals surface area contributed by atoms with Crippen molar-refractivity contribution in [2.24, 2.45) is 7.05 Å². The van der Waals surface area contributed by atoms with Crippen molar-refractivity contribution < 1.29 is 8.42 Å². The Balaban J connectivity index is 1.67. The lowest BCUT2D eigenvalue weighted by Gasteiger charge is -2.09. The van der Waals surface area contributed by atoms with Crippen LogP contribution in [0.25, 0.3) is 10.2 Å². The molecule has 4 aromatic rings. The van der Waals surface area contributed by atoms with Crippen molar-refractivity contribution in [2.75, 3.05) is 6.26 Å². The molecule has 2 aromatic carbocycles. The van der Waals surface area contributed by atoms with Crippen molar-refractivity contribution in [1.82, 2.24) is 9.13 Å². The molecule has 0 amide bonds. The number of rotatable bonds is 4. The zero-order valence-corrected chi connectivity index (χ0v) is 20.1. The van der Waals surface area contributed by atoms with E-state index in [4.69, 9.17) is 0 Å². The van der Waals surface area contributed by atoms with Gasteiger partial charge in [0.2, 0.25) is 0 Å². The number of hydrogen-bond donors (Lipinski definition) is 0. The molecule has 0 atom stereocenters. The lowest BCUT2D eigenvalue weighted by atomic mass is 10.1. The molecule has 0 aliphatic rings. The predicted octanol–water partition coefficient (Wildman–Crippen LogP) is 3.12. The maximum Gasteiger partial charge on any atom is 0.332 e. The average molecular weight is 479 g/mol. The van der Waals surface area contributed by atoms with Gasteiger partial charge in [-0.05, 0) is 36.2 Å². The first-order valence-corrected chi connectivity index (χ1v) is 12.9. The second-order valence-electron chi connectivity index (χ2n) is 7.95. The van der Waals surface area contributed by atoms with Gasteiger partial charge in [-0.1, -0.05) is 53.8 Å². The molecule has 0 saturated heterocycles. The molecule has 33 heavy (non-hydrogen) atoms. The van der Waals surface area contributed by atoms with Crippen LogP contribution in [0.3, 0.4) is 0 Å². The van der Waals surface area contributed by atoms with Crippen molar-refractivity contribution in [2.45, 2.75) is 24.8 Å². The van der Waals surface area contributed by atoms with Crippen LogP contribution in [0.4, 0.5) is 0 Å². The fourth-order valence-corrected chi connectivity index (χ4v) is 5.18. The van der Waals surface area contributed by atoms with Crippen LogP contribution in [0.5, 0.6) is 0 Å². The summed E-state index contributed by atoms with van der Waals surface area (Å²) in [4.78, 5) is 27.5. The van der Waals surface area contributed by atoms with Gasteiger partial charge in [0.05, 0.1) is 21.7 Å². The fourth-order valence-electron chi connectivity index (χ4n) is 3.57. The highest BCUT2D eigenvalue weighted by Gasteiger charge is 2.15. The van der Waals surface area contributed by atoms with Gasteiger partial charge >= 0.3 is 5.69 Å². The van der Waals surface area contributed by atoms with Gasteiger partial charge in [-0.15, -0.1) is 11.3 Å². The SMILES string of the molecule is Cc1cccc(CC#Cc2cc3c(=O)n(Cc4ccc(S(C)(=O)=O)cc4)c(=O)n(C)c3s2)c1. The van der Waals surface area contributed by atoms with Crippen LogP contribution in [0.1, 0.15) is 21.6 Å². The van der Waals surface area contributed by atoms with Crippen molar-refractivity contribution in [3.05, 3.63) is 97.0 Å². The highest BCUT2D eigenvalue weighted by molar-refractivity contribution is 7.90. The molecule has 0 aliphatic heterocycles. The topological polar surface area (TPSA) is 78.1 Å². The van der Waals surface area contributed by atoms with Gasteiger partial charge in [-0.25, -0.2) is 13.2 Å². The Kier molecular flexibility index (Phi) is 6.11. The lowest BCUT2D eigenvalue weighted by Crippen LogP contribution is -2.38. The average Bonchev–Trinajstić information content (AvgIpc) is 3.20. The smallest absolute Gasteiger partial charge is 0.287 e. The first-order valence-electron chi connectivity index (χ1n) is 10.2. The summed E-state index contributed by atoms with van der Waals surface area (Å²) in [6.07, 6.45) is 1.73. The summed E-state index contributed by atoms with van der Waals surface area (Å²) in [7, 11) is -1.68. The second kappa shape index (κ2) is 8.85. The normalized spacial score (nSPS) is 11.4. The Morgan fingerprint density at radius 1 is 1.00 bits per heavy atom. The Hall–Kier alpha value is -3.41. The number of nitrogens with zero attached hydrogens (tertiary/aromatic N) is 2. The maximum absolute atomic E-state index is 13.1. The number of aromatic nitrogens is 2. The van der Waals surface area contributed by atoms with Gasteiger partial charge in [-0.3, -0.25) is 13.9 Å². The Labute approximate surface area is 195 Å². The van der Waals surface area contributed by atoms with Crippen LogP contribution in [-0.2, 0) is 29.9 Å². The second-order valence-corrected chi connectivity index (χ2v) is 11.0. The summed E-state index contributed by atoms with van der Waals surface area (Å²) in [6, 6.07) is 16.1. The molecule has 8 heteroatoms. The third-order valence-corrected chi connectivity index (χ3v) is 7.54. The van der Waals surface area contributed by atoms with E-state index in [1.165, 1.54) is 33.6 Å². The molecule has 2 heterocycles. The largest absolute Gasteiger partial charge is 0.332 e. The van der Waals surface area contributed by atoms with Crippen LogP contribution < -0.4 is 11.2 Å². The molecule has 6 nitrogen and oxygen atoms in total. The first-order chi connectivity index (χ1) is 15.6. The van der Waals surface area contributed by atoms with Crippen molar-refractivity contribution in [3.8, 4) is 11.8 Å². The zero-order valence-electron chi connectivity index (χ0n) is 18.5. The molecule has 168 valence electrons. The van der Waals surface area contributed by atoms with Gasteiger partial charge in [0, 0.05) is 19.7 Å². The van der Waals surface area contributed by atoms with E-state index in [-0.39, 0.29) is 17.0 Å². The summed E-state index contributed by atoms with van der Waals surface area (Å²) >= 11 is 1.32. The molecule has 2 aromatic heterocycles. The highest BCUT2D eigenvalue weighted by atomic mass is 32.2. The molecular formula is C25H22N2O4S2. The van der Waals surface area contributed by atoms with Gasteiger partial charge in [0.25, 0.3) is 5.56 Å². The van der Waals surface area contributed by atoms with Crippen LogP contribution in [0.15, 0.2) is 69.1 Å². The summed E-state index contributed by atoms with van der Waals surface area (Å²) in [5.74, 6) is 6.26. The molecule has 0 spiro atoms. The third-order valence-electron chi connectivity index (χ3n) is 5.29. The summed E-state index contributed by atoms with van der Waals surface area (Å²) in [6.45, 7) is 2.09. The standard InChI is InChI=1S/C25H22N2O4S2/c1-17-6-4-7-18(14-17)8-5-9-20-15-22-23(28)27(25(29)26(2)24(22)32-20)16-19-10-12-21(13-11-19)33(3,30)31/h4,6-7,10-15H,8,16H2,1-3H3. The molecular weight excluding hydrogens is 456 g/mol. The van der Waals surface area contributed by atoms with Gasteiger partial charge in [0.15, 0.2) is 9.84 Å². The Bertz CT molecular complexity index is 1650. The Morgan fingerprint density at radius 2 is 1.73 bits per heavy atom. The van der Waals surface area contributed by atoms with E-state index in [9.17, 15) is 18.0 Å². The number of hydrogen-bond acceptors (Lipinski definition) is 5. The van der Waals surface area contributed by atoms with Crippen LogP contribution in [0.2, 0.25) is 0 Å². The molecule has 0 saturated carbocycles. The van der Waals surface area contributed by atoms with Crippen LogP contribution >= 0.6 is 11.3 Å². The van der Waals surface area contributed by atoms with E-state index in [0.717, 1.165) is 21.3 Å². The fraction of sp³-hybridized carbons (Fsp3) is 0.200. The van der Waals surface area contributed by atoms with E-state index < -0.39 is 15.5 Å². The number of sulfone groups is 1. The van der Waals surface area contributed by atoms with Gasteiger partial charge in [-0.2, -0.15) is 0 Å². The minimum Gasteiger partial charge on any atom is -0.287 e. The van der Waals surface area contributed by atoms with Crippen molar-refractivity contribution in [3.63, 3.8) is 0 Å². The summed E-state index contributed by atoms with van der Waals surface area (Å²) in [5, 5.41) is 0.440. The van der Waals surface area contributed by atoms with Crippen LogP contribution in [-0.4, -0.2) is 23.8 Å². The van der Waals surface area contributed by atoms with E-state index in [2.05, 4.69) is 17.9 Å². The summed E-state index contributed by atoms with van der Waals surface area (Å²) < 4.78 is 25.9. The van der Waals surface area contributed by atoms with Crippen molar-refractivity contribution >= 4 is 31.4 Å². The minimum absolute atomic E-state index is 0.0513. The molecule has 0 unspecified atom stereocenters. The predicted molar refractivity (Wildman–Crippen MR) is 132 cm³/mol. The third kappa shape index (κ3) is 4.85. The monoisotopic (exact) mass is 478 g/mol. The van der Waals surface area contributed by atoms with E-state index >= 15 is 0 Å². The zero-order chi connectivity index (χ0) is 23.8. The molecule has 0 N–H and O–H groups in total. The minimum atomic E-state index is -3.32. The number of benzene rings is 2. The van der Waals surface area contributed by atoms with Gasteiger partial charge in [0.1, 0.15) is 4.83 Å². The number of aryl methyl sites for hydroxylation is 2. The molecule has 0 fully saturated rings. The maximum atomic E-state index is 13.1.